The zero-order valence-electron chi connectivity index (χ0n) is 14.0. The number of hydrogen-bond acceptors (Lipinski definition) is 5. The molecule has 2 atom stereocenters. The van der Waals surface area contributed by atoms with E-state index >= 15 is 0 Å². The molecule has 1 aliphatic rings. The highest BCUT2D eigenvalue weighted by Crippen LogP contribution is 2.25. The van der Waals surface area contributed by atoms with Crippen molar-refractivity contribution in [1.29, 1.82) is 0 Å². The largest absolute Gasteiger partial charge is 0.344 e. The van der Waals surface area contributed by atoms with Gasteiger partial charge in [0, 0.05) is 24.4 Å². The molecule has 0 fully saturated rings. The number of carbonyl (C=O) groups is 1. The van der Waals surface area contributed by atoms with Crippen LogP contribution in [0.4, 0.5) is 0 Å². The molecule has 0 saturated carbocycles. The van der Waals surface area contributed by atoms with Gasteiger partial charge >= 0.3 is 0 Å². The molecule has 2 unspecified atom stereocenters. The van der Waals surface area contributed by atoms with Gasteiger partial charge in [0.1, 0.15) is 6.04 Å². The summed E-state index contributed by atoms with van der Waals surface area (Å²) in [7, 11) is 0. The second kappa shape index (κ2) is 7.38. The Kier molecular flexibility index (Phi) is 5.03. The molecule has 1 N–H and O–H groups in total. The first-order chi connectivity index (χ1) is 11.6. The van der Waals surface area contributed by atoms with Crippen LogP contribution in [0.1, 0.15) is 45.0 Å². The van der Waals surface area contributed by atoms with E-state index in [-0.39, 0.29) is 17.9 Å². The fraction of sp³-hybridized carbons (Fsp3) is 0.444. The Balaban J connectivity index is 1.70. The summed E-state index contributed by atoms with van der Waals surface area (Å²) in [6, 6.07) is 3.40. The molecule has 0 aliphatic heterocycles. The smallest absolute Gasteiger partial charge is 0.249 e. The van der Waals surface area contributed by atoms with Gasteiger partial charge < -0.3 is 9.84 Å². The summed E-state index contributed by atoms with van der Waals surface area (Å²) in [4.78, 5) is 20.8. The molecular weight excluding hydrogens is 304 g/mol. The van der Waals surface area contributed by atoms with Crippen LogP contribution < -0.4 is 5.32 Å². The SMILES string of the molecule is CC(C)C(NC(=O)CC1C=CCC1)c1nc(-c2cccnc2)no1. The molecule has 0 saturated heterocycles. The van der Waals surface area contributed by atoms with Crippen molar-refractivity contribution < 1.29 is 9.32 Å². The maximum atomic E-state index is 12.3. The van der Waals surface area contributed by atoms with Crippen molar-refractivity contribution in [2.75, 3.05) is 0 Å². The standard InChI is InChI=1S/C18H22N4O2/c1-12(2)16(20-15(23)10-13-6-3-4-7-13)18-21-17(22-24-18)14-8-5-9-19-11-14/h3,5-6,8-9,11-13,16H,4,7,10H2,1-2H3,(H,20,23). The third-order valence-electron chi connectivity index (χ3n) is 4.17. The second-order valence-electron chi connectivity index (χ2n) is 6.46. The first kappa shape index (κ1) is 16.4. The van der Waals surface area contributed by atoms with E-state index in [2.05, 4.69) is 32.6 Å². The van der Waals surface area contributed by atoms with Crippen molar-refractivity contribution in [3.05, 3.63) is 42.6 Å². The molecule has 0 radical (unpaired) electrons. The fourth-order valence-corrected chi connectivity index (χ4v) is 2.82. The molecule has 1 aliphatic carbocycles. The van der Waals surface area contributed by atoms with Crippen LogP contribution in [0.3, 0.4) is 0 Å². The van der Waals surface area contributed by atoms with E-state index in [9.17, 15) is 4.79 Å². The Bertz CT molecular complexity index is 709. The molecule has 2 aromatic rings. The predicted octanol–water partition coefficient (Wildman–Crippen LogP) is 3.30. The molecule has 2 heterocycles. The average molecular weight is 326 g/mol. The van der Waals surface area contributed by atoms with E-state index in [4.69, 9.17) is 4.52 Å². The summed E-state index contributed by atoms with van der Waals surface area (Å²) in [5.74, 6) is 1.42. The van der Waals surface area contributed by atoms with E-state index in [1.807, 2.05) is 26.0 Å². The molecule has 3 rings (SSSR count). The minimum absolute atomic E-state index is 0.0198. The lowest BCUT2D eigenvalue weighted by atomic mass is 10.0. The summed E-state index contributed by atoms with van der Waals surface area (Å²) in [5, 5.41) is 7.05. The summed E-state index contributed by atoms with van der Waals surface area (Å²) in [6.07, 6.45) is 10.2. The van der Waals surface area contributed by atoms with Gasteiger partial charge in [0.2, 0.25) is 17.6 Å². The number of hydrogen-bond donors (Lipinski definition) is 1. The molecule has 1 amide bonds. The van der Waals surface area contributed by atoms with Crippen LogP contribution in [0.2, 0.25) is 0 Å². The Labute approximate surface area is 141 Å². The van der Waals surface area contributed by atoms with Crippen LogP contribution in [0.15, 0.2) is 41.2 Å². The van der Waals surface area contributed by atoms with Crippen LogP contribution in [-0.4, -0.2) is 21.0 Å². The predicted molar refractivity (Wildman–Crippen MR) is 89.7 cm³/mol. The highest BCUT2D eigenvalue weighted by atomic mass is 16.5. The Morgan fingerprint density at radius 1 is 1.46 bits per heavy atom. The van der Waals surface area contributed by atoms with Crippen molar-refractivity contribution in [2.45, 2.75) is 39.2 Å². The summed E-state index contributed by atoms with van der Waals surface area (Å²) < 4.78 is 5.40. The molecule has 126 valence electrons. The lowest BCUT2D eigenvalue weighted by Crippen LogP contribution is -2.32. The van der Waals surface area contributed by atoms with Crippen molar-refractivity contribution in [2.24, 2.45) is 11.8 Å². The molecule has 0 bridgehead atoms. The molecule has 6 nitrogen and oxygen atoms in total. The van der Waals surface area contributed by atoms with Gasteiger partial charge in [0.15, 0.2) is 0 Å². The fourth-order valence-electron chi connectivity index (χ4n) is 2.82. The van der Waals surface area contributed by atoms with Gasteiger partial charge in [-0.3, -0.25) is 9.78 Å². The summed E-state index contributed by atoms with van der Waals surface area (Å²) in [5.41, 5.74) is 0.789. The topological polar surface area (TPSA) is 80.9 Å². The summed E-state index contributed by atoms with van der Waals surface area (Å²) in [6.45, 7) is 4.04. The van der Waals surface area contributed by atoms with Gasteiger partial charge in [-0.1, -0.05) is 31.2 Å². The van der Waals surface area contributed by atoms with Crippen LogP contribution in [0.25, 0.3) is 11.4 Å². The minimum atomic E-state index is -0.291. The Hall–Kier alpha value is -2.50. The third kappa shape index (κ3) is 3.88. The number of nitrogens with one attached hydrogen (secondary N) is 1. The number of rotatable bonds is 6. The van der Waals surface area contributed by atoms with Gasteiger partial charge in [0.25, 0.3) is 0 Å². The second-order valence-corrected chi connectivity index (χ2v) is 6.46. The van der Waals surface area contributed by atoms with Crippen LogP contribution >= 0.6 is 0 Å². The van der Waals surface area contributed by atoms with E-state index in [1.165, 1.54) is 0 Å². The molecular formula is C18H22N4O2. The summed E-state index contributed by atoms with van der Waals surface area (Å²) >= 11 is 0. The zero-order valence-corrected chi connectivity index (χ0v) is 14.0. The van der Waals surface area contributed by atoms with Gasteiger partial charge in [-0.2, -0.15) is 4.98 Å². The molecule has 0 aromatic carbocycles. The van der Waals surface area contributed by atoms with Crippen molar-refractivity contribution in [1.82, 2.24) is 20.4 Å². The third-order valence-corrected chi connectivity index (χ3v) is 4.17. The number of amides is 1. The number of aromatic nitrogens is 3. The molecule has 24 heavy (non-hydrogen) atoms. The molecule has 2 aromatic heterocycles. The van der Waals surface area contributed by atoms with Crippen LogP contribution in [0, 0.1) is 11.8 Å². The Morgan fingerprint density at radius 3 is 3.00 bits per heavy atom. The zero-order chi connectivity index (χ0) is 16.9. The maximum Gasteiger partial charge on any atom is 0.249 e. The first-order valence-corrected chi connectivity index (χ1v) is 8.33. The lowest BCUT2D eigenvalue weighted by molar-refractivity contribution is -0.123. The maximum absolute atomic E-state index is 12.3. The first-order valence-electron chi connectivity index (χ1n) is 8.33. The van der Waals surface area contributed by atoms with E-state index < -0.39 is 0 Å². The van der Waals surface area contributed by atoms with Crippen molar-refractivity contribution in [3.63, 3.8) is 0 Å². The van der Waals surface area contributed by atoms with Crippen molar-refractivity contribution in [3.8, 4) is 11.4 Å². The Morgan fingerprint density at radius 2 is 2.33 bits per heavy atom. The number of nitrogens with zero attached hydrogens (tertiary/aromatic N) is 3. The van der Waals surface area contributed by atoms with E-state index in [0.29, 0.717) is 24.1 Å². The highest BCUT2D eigenvalue weighted by Gasteiger charge is 2.26. The van der Waals surface area contributed by atoms with Gasteiger partial charge in [-0.15, -0.1) is 0 Å². The van der Waals surface area contributed by atoms with Crippen LogP contribution in [0.5, 0.6) is 0 Å². The molecule has 0 spiro atoms. The average Bonchev–Trinajstić information content (AvgIpc) is 3.25. The van der Waals surface area contributed by atoms with E-state index in [1.54, 1.807) is 12.4 Å². The minimum Gasteiger partial charge on any atom is -0.344 e. The number of pyridine rings is 1. The van der Waals surface area contributed by atoms with Crippen molar-refractivity contribution >= 4 is 5.91 Å². The van der Waals surface area contributed by atoms with E-state index in [0.717, 1.165) is 18.4 Å². The van der Waals surface area contributed by atoms with Gasteiger partial charge in [-0.05, 0) is 36.8 Å². The number of carbonyl (C=O) groups excluding carboxylic acids is 1. The lowest BCUT2D eigenvalue weighted by Gasteiger charge is -2.19. The number of allylic oxidation sites excluding steroid dienone is 2. The molecule has 6 heteroatoms. The van der Waals surface area contributed by atoms with Gasteiger partial charge in [0.05, 0.1) is 0 Å². The monoisotopic (exact) mass is 326 g/mol. The quantitative estimate of drug-likeness (QED) is 0.824. The van der Waals surface area contributed by atoms with Crippen LogP contribution in [-0.2, 0) is 4.79 Å². The highest BCUT2D eigenvalue weighted by molar-refractivity contribution is 5.76. The van der Waals surface area contributed by atoms with Gasteiger partial charge in [-0.25, -0.2) is 0 Å². The normalized spacial score (nSPS) is 18.0.